The van der Waals surface area contributed by atoms with E-state index in [1.54, 1.807) is 36.4 Å². The molecule has 0 atom stereocenters. The maximum atomic E-state index is 12.3. The lowest BCUT2D eigenvalue weighted by Gasteiger charge is -2.26. The highest BCUT2D eigenvalue weighted by atomic mass is 35.5. The number of hydrogen-bond acceptors (Lipinski definition) is 5. The van der Waals surface area contributed by atoms with Gasteiger partial charge in [0.1, 0.15) is 11.5 Å². The average Bonchev–Trinajstić information content (AvgIpc) is 2.82. The summed E-state index contributed by atoms with van der Waals surface area (Å²) in [7, 11) is 1.50. The predicted molar refractivity (Wildman–Crippen MR) is 123 cm³/mol. The topological polar surface area (TPSA) is 114 Å². The zero-order valence-corrected chi connectivity index (χ0v) is 19.1. The number of carbonyl (C=O) groups excluding carboxylic acids is 2. The van der Waals surface area contributed by atoms with Gasteiger partial charge in [0.25, 0.3) is 11.8 Å². The van der Waals surface area contributed by atoms with Crippen LogP contribution in [0.25, 0.3) is 0 Å². The third-order valence-corrected chi connectivity index (χ3v) is 5.85. The Balaban J connectivity index is 1.39. The quantitative estimate of drug-likeness (QED) is 0.479. The van der Waals surface area contributed by atoms with Crippen molar-refractivity contribution in [3.63, 3.8) is 0 Å². The van der Waals surface area contributed by atoms with Gasteiger partial charge in [-0.1, -0.05) is 11.6 Å². The second-order valence-corrected chi connectivity index (χ2v) is 8.22. The minimum absolute atomic E-state index is 0.00975. The van der Waals surface area contributed by atoms with Crippen molar-refractivity contribution in [3.8, 4) is 11.5 Å². The zero-order chi connectivity index (χ0) is 23.8. The number of rotatable bonds is 9. The standard InChI is InChI=1S/C24H27ClN2O6/c1-32-21-11-6-17(14-20(21)25)23(29)27-13-12-26-22(28)15-2-7-18(8-3-15)33-19-9-4-16(5-10-19)24(30)31/h2-3,6-8,11,14,16,19H,4-5,9-10,12-13H2,1H3,(H,26,28)(H,27,29)(H,30,31)/t16-,19+. The van der Waals surface area contributed by atoms with E-state index in [0.29, 0.717) is 53.3 Å². The Morgan fingerprint density at radius 3 is 2.06 bits per heavy atom. The Hall–Kier alpha value is -3.26. The van der Waals surface area contributed by atoms with Gasteiger partial charge in [-0.05, 0) is 68.1 Å². The first-order valence-electron chi connectivity index (χ1n) is 10.8. The van der Waals surface area contributed by atoms with E-state index >= 15 is 0 Å². The molecule has 33 heavy (non-hydrogen) atoms. The highest BCUT2D eigenvalue weighted by Crippen LogP contribution is 2.28. The largest absolute Gasteiger partial charge is 0.495 e. The molecular weight excluding hydrogens is 448 g/mol. The first-order valence-corrected chi connectivity index (χ1v) is 11.1. The van der Waals surface area contributed by atoms with Crippen LogP contribution in [-0.4, -0.2) is 49.2 Å². The number of carboxylic acids is 1. The van der Waals surface area contributed by atoms with E-state index < -0.39 is 5.97 Å². The molecule has 176 valence electrons. The fraction of sp³-hybridized carbons (Fsp3) is 0.375. The van der Waals surface area contributed by atoms with E-state index in [0.717, 1.165) is 0 Å². The van der Waals surface area contributed by atoms with E-state index in [2.05, 4.69) is 10.6 Å². The van der Waals surface area contributed by atoms with Gasteiger partial charge in [-0.15, -0.1) is 0 Å². The smallest absolute Gasteiger partial charge is 0.306 e. The summed E-state index contributed by atoms with van der Waals surface area (Å²) in [6.07, 6.45) is 2.62. The van der Waals surface area contributed by atoms with Crippen molar-refractivity contribution in [3.05, 3.63) is 58.6 Å². The first kappa shape index (κ1) is 24.4. The third kappa shape index (κ3) is 6.86. The first-order chi connectivity index (χ1) is 15.9. The van der Waals surface area contributed by atoms with Crippen LogP contribution in [0.1, 0.15) is 46.4 Å². The zero-order valence-electron chi connectivity index (χ0n) is 18.3. The minimum atomic E-state index is -0.742. The van der Waals surface area contributed by atoms with Gasteiger partial charge < -0.3 is 25.2 Å². The minimum Gasteiger partial charge on any atom is -0.495 e. The Morgan fingerprint density at radius 1 is 0.939 bits per heavy atom. The van der Waals surface area contributed by atoms with Gasteiger partial charge in [-0.3, -0.25) is 14.4 Å². The van der Waals surface area contributed by atoms with E-state index in [1.807, 2.05) is 0 Å². The van der Waals surface area contributed by atoms with E-state index in [4.69, 9.17) is 26.2 Å². The molecule has 0 saturated heterocycles. The molecule has 0 unspecified atom stereocenters. The van der Waals surface area contributed by atoms with E-state index in [9.17, 15) is 14.4 Å². The number of aliphatic carboxylic acids is 1. The molecule has 0 heterocycles. The molecule has 8 nitrogen and oxygen atoms in total. The van der Waals surface area contributed by atoms with Gasteiger partial charge in [0.05, 0.1) is 24.2 Å². The van der Waals surface area contributed by atoms with Crippen molar-refractivity contribution in [2.75, 3.05) is 20.2 Å². The molecule has 3 N–H and O–H groups in total. The molecule has 2 aromatic rings. The average molecular weight is 475 g/mol. The molecule has 1 aliphatic carbocycles. The number of amides is 2. The van der Waals surface area contributed by atoms with Crippen LogP contribution in [0.5, 0.6) is 11.5 Å². The highest BCUT2D eigenvalue weighted by Gasteiger charge is 2.26. The fourth-order valence-corrected chi connectivity index (χ4v) is 3.93. The Morgan fingerprint density at radius 2 is 1.52 bits per heavy atom. The van der Waals surface area contributed by atoms with Crippen LogP contribution < -0.4 is 20.1 Å². The van der Waals surface area contributed by atoms with Crippen LogP contribution in [-0.2, 0) is 4.79 Å². The lowest BCUT2D eigenvalue weighted by molar-refractivity contribution is -0.143. The fourth-order valence-electron chi connectivity index (χ4n) is 3.67. The molecule has 2 aromatic carbocycles. The van der Waals surface area contributed by atoms with Gasteiger partial charge in [-0.2, -0.15) is 0 Å². The van der Waals surface area contributed by atoms with Crippen molar-refractivity contribution >= 4 is 29.4 Å². The summed E-state index contributed by atoms with van der Waals surface area (Å²) in [6.45, 7) is 0.522. The maximum absolute atomic E-state index is 12.3. The number of carbonyl (C=O) groups is 3. The SMILES string of the molecule is COc1ccc(C(=O)NCCNC(=O)c2ccc(O[C@H]3CC[C@@H](C(=O)O)CC3)cc2)cc1Cl. The van der Waals surface area contributed by atoms with Gasteiger partial charge in [0, 0.05) is 24.2 Å². The Labute approximate surface area is 197 Å². The monoisotopic (exact) mass is 474 g/mol. The summed E-state index contributed by atoms with van der Waals surface area (Å²) >= 11 is 6.03. The van der Waals surface area contributed by atoms with E-state index in [1.165, 1.54) is 13.2 Å². The number of hydrogen-bond donors (Lipinski definition) is 3. The summed E-state index contributed by atoms with van der Waals surface area (Å²) in [5.74, 6) is -0.445. The molecule has 3 rings (SSSR count). The second-order valence-electron chi connectivity index (χ2n) is 7.82. The van der Waals surface area contributed by atoms with Gasteiger partial charge in [-0.25, -0.2) is 0 Å². The molecule has 9 heteroatoms. The van der Waals surface area contributed by atoms with Crippen molar-refractivity contribution < 1.29 is 29.0 Å². The van der Waals surface area contributed by atoms with Crippen LogP contribution >= 0.6 is 11.6 Å². The van der Waals surface area contributed by atoms with Gasteiger partial charge >= 0.3 is 5.97 Å². The summed E-state index contributed by atoms with van der Waals surface area (Å²) in [6, 6.07) is 11.6. The van der Waals surface area contributed by atoms with Gasteiger partial charge in [0.2, 0.25) is 0 Å². The summed E-state index contributed by atoms with van der Waals surface area (Å²) in [4.78, 5) is 35.6. The number of benzene rings is 2. The highest BCUT2D eigenvalue weighted by molar-refractivity contribution is 6.32. The van der Waals surface area contributed by atoms with Gasteiger partial charge in [0.15, 0.2) is 0 Å². The second kappa shape index (κ2) is 11.6. The number of carboxylic acid groups (broad SMARTS) is 1. The molecule has 0 aliphatic heterocycles. The molecule has 1 fully saturated rings. The summed E-state index contributed by atoms with van der Waals surface area (Å²) in [5, 5.41) is 14.9. The number of halogens is 1. The van der Waals surface area contributed by atoms with Crippen molar-refractivity contribution in [1.82, 2.24) is 10.6 Å². The molecule has 0 spiro atoms. The molecular formula is C24H27ClN2O6. The molecule has 1 aliphatic rings. The van der Waals surface area contributed by atoms with Crippen molar-refractivity contribution in [2.45, 2.75) is 31.8 Å². The van der Waals surface area contributed by atoms with Crippen LogP contribution in [0.15, 0.2) is 42.5 Å². The molecule has 0 aromatic heterocycles. The summed E-state index contributed by atoms with van der Waals surface area (Å²) in [5.41, 5.74) is 0.879. The Kier molecular flexibility index (Phi) is 8.54. The normalized spacial score (nSPS) is 17.6. The molecule has 0 radical (unpaired) electrons. The van der Waals surface area contributed by atoms with Crippen LogP contribution in [0.3, 0.4) is 0 Å². The number of ether oxygens (including phenoxy) is 2. The molecule has 2 amide bonds. The van der Waals surface area contributed by atoms with Crippen molar-refractivity contribution in [2.24, 2.45) is 5.92 Å². The van der Waals surface area contributed by atoms with Crippen LogP contribution in [0.4, 0.5) is 0 Å². The Bertz CT molecular complexity index is 987. The molecule has 0 bridgehead atoms. The predicted octanol–water partition coefficient (Wildman–Crippen LogP) is 3.53. The third-order valence-electron chi connectivity index (χ3n) is 5.55. The molecule has 1 saturated carbocycles. The number of methoxy groups -OCH3 is 1. The number of nitrogens with one attached hydrogen (secondary N) is 2. The lowest BCUT2D eigenvalue weighted by atomic mass is 9.87. The lowest BCUT2D eigenvalue weighted by Crippen LogP contribution is -2.34. The maximum Gasteiger partial charge on any atom is 0.306 e. The van der Waals surface area contributed by atoms with E-state index in [-0.39, 0.29) is 36.9 Å². The summed E-state index contributed by atoms with van der Waals surface area (Å²) < 4.78 is 11.0. The van der Waals surface area contributed by atoms with Crippen LogP contribution in [0, 0.1) is 5.92 Å². The van der Waals surface area contributed by atoms with Crippen LogP contribution in [0.2, 0.25) is 5.02 Å². The van der Waals surface area contributed by atoms with Crippen molar-refractivity contribution in [1.29, 1.82) is 0 Å².